The average molecular weight is 273 g/mol. The second-order valence-corrected chi connectivity index (χ2v) is 4.45. The second-order valence-electron chi connectivity index (χ2n) is 3.54. The first-order valence-electron chi connectivity index (χ1n) is 4.90. The Labute approximate surface area is 97.0 Å². The minimum atomic E-state index is -0.775. The van der Waals surface area contributed by atoms with Gasteiger partial charge in [0.05, 0.1) is 0 Å². The Balaban J connectivity index is 2.26. The summed E-state index contributed by atoms with van der Waals surface area (Å²) in [5, 5.41) is 8.44. The van der Waals surface area contributed by atoms with E-state index in [-0.39, 0.29) is 18.1 Å². The molecule has 0 aromatic carbocycles. The van der Waals surface area contributed by atoms with E-state index in [2.05, 4.69) is 15.9 Å². The van der Waals surface area contributed by atoms with E-state index in [9.17, 15) is 9.59 Å². The lowest BCUT2D eigenvalue weighted by atomic mass is 9.93. The van der Waals surface area contributed by atoms with Crippen LogP contribution < -0.4 is 0 Å². The summed E-state index contributed by atoms with van der Waals surface area (Å²) < 4.78 is 0.800. The van der Waals surface area contributed by atoms with Gasteiger partial charge in [-0.15, -0.1) is 0 Å². The predicted octanol–water partition coefficient (Wildman–Crippen LogP) is 2.67. The van der Waals surface area contributed by atoms with E-state index in [0.29, 0.717) is 6.42 Å². The summed E-state index contributed by atoms with van der Waals surface area (Å²) in [6, 6.07) is 0. The van der Waals surface area contributed by atoms with Crippen LogP contribution in [-0.4, -0.2) is 16.9 Å². The molecule has 0 aliphatic heterocycles. The molecular weight excluding hydrogens is 260 g/mol. The smallest absolute Gasteiger partial charge is 0.303 e. The van der Waals surface area contributed by atoms with Crippen molar-refractivity contribution in [2.75, 3.05) is 0 Å². The highest BCUT2D eigenvalue weighted by molar-refractivity contribution is 9.11. The van der Waals surface area contributed by atoms with Crippen LogP contribution in [0.4, 0.5) is 0 Å². The van der Waals surface area contributed by atoms with Crippen molar-refractivity contribution >= 4 is 27.7 Å². The lowest BCUT2D eigenvalue weighted by Gasteiger charge is -2.12. The average Bonchev–Trinajstić information content (AvgIpc) is 2.14. The van der Waals surface area contributed by atoms with Gasteiger partial charge in [0.1, 0.15) is 0 Å². The van der Waals surface area contributed by atoms with Gasteiger partial charge in [0.15, 0.2) is 5.78 Å². The minimum absolute atomic E-state index is 0.0694. The molecule has 1 atom stereocenters. The van der Waals surface area contributed by atoms with Crippen LogP contribution in [0, 0.1) is 5.92 Å². The maximum absolute atomic E-state index is 11.5. The molecule has 82 valence electrons. The normalized spacial score (nSPS) is 20.2. The van der Waals surface area contributed by atoms with Gasteiger partial charge in [0, 0.05) is 16.8 Å². The number of carboxylic acids is 1. The van der Waals surface area contributed by atoms with Gasteiger partial charge in [-0.3, -0.25) is 9.59 Å². The highest BCUT2D eigenvalue weighted by atomic mass is 79.9. The predicted molar refractivity (Wildman–Crippen MR) is 60.8 cm³/mol. The van der Waals surface area contributed by atoms with Crippen molar-refractivity contribution in [2.24, 2.45) is 5.92 Å². The van der Waals surface area contributed by atoms with E-state index < -0.39 is 5.97 Å². The first-order valence-corrected chi connectivity index (χ1v) is 5.70. The molecule has 1 unspecified atom stereocenters. The molecule has 3 nitrogen and oxygen atoms in total. The molecule has 0 fully saturated rings. The lowest BCUT2D eigenvalue weighted by molar-refractivity contribution is -0.137. The summed E-state index contributed by atoms with van der Waals surface area (Å²) in [7, 11) is 0. The van der Waals surface area contributed by atoms with E-state index in [4.69, 9.17) is 5.11 Å². The molecule has 0 aromatic rings. The Morgan fingerprint density at radius 3 is 2.80 bits per heavy atom. The van der Waals surface area contributed by atoms with E-state index in [1.807, 2.05) is 12.2 Å². The summed E-state index contributed by atoms with van der Waals surface area (Å²) >= 11 is 3.23. The Bertz CT molecular complexity index is 318. The van der Waals surface area contributed by atoms with E-state index in [0.717, 1.165) is 17.3 Å². The number of carboxylic acid groups (broad SMARTS) is 1. The van der Waals surface area contributed by atoms with Crippen molar-refractivity contribution in [3.63, 3.8) is 0 Å². The zero-order valence-corrected chi connectivity index (χ0v) is 9.87. The molecule has 0 spiro atoms. The van der Waals surface area contributed by atoms with E-state index in [1.54, 1.807) is 6.08 Å². The van der Waals surface area contributed by atoms with Crippen LogP contribution in [0.25, 0.3) is 0 Å². The van der Waals surface area contributed by atoms with Crippen LogP contribution in [-0.2, 0) is 9.59 Å². The van der Waals surface area contributed by atoms with Gasteiger partial charge in [0.2, 0.25) is 0 Å². The number of carbonyl (C=O) groups is 2. The molecule has 1 aliphatic carbocycles. The summed E-state index contributed by atoms with van der Waals surface area (Å²) in [4.78, 5) is 21.7. The quantitative estimate of drug-likeness (QED) is 0.783. The fourth-order valence-electron chi connectivity index (χ4n) is 1.47. The third-order valence-corrected chi connectivity index (χ3v) is 2.78. The molecule has 15 heavy (non-hydrogen) atoms. The van der Waals surface area contributed by atoms with Gasteiger partial charge in [-0.2, -0.15) is 0 Å². The molecule has 0 amide bonds. The van der Waals surface area contributed by atoms with Crippen molar-refractivity contribution in [2.45, 2.75) is 25.7 Å². The van der Waals surface area contributed by atoms with Gasteiger partial charge in [-0.25, -0.2) is 0 Å². The fraction of sp³-hybridized carbons (Fsp3) is 0.455. The molecule has 0 bridgehead atoms. The number of rotatable bonds is 5. The van der Waals surface area contributed by atoms with Crippen LogP contribution in [0.2, 0.25) is 0 Å². The third kappa shape index (κ3) is 4.42. The van der Waals surface area contributed by atoms with Gasteiger partial charge in [-0.1, -0.05) is 34.5 Å². The van der Waals surface area contributed by atoms with Gasteiger partial charge in [-0.05, 0) is 18.9 Å². The molecule has 0 radical (unpaired) electrons. The van der Waals surface area contributed by atoms with Crippen LogP contribution in [0.3, 0.4) is 0 Å². The van der Waals surface area contributed by atoms with Crippen LogP contribution in [0.15, 0.2) is 22.7 Å². The highest BCUT2D eigenvalue weighted by Crippen LogP contribution is 2.21. The van der Waals surface area contributed by atoms with Crippen molar-refractivity contribution in [1.82, 2.24) is 0 Å². The zero-order chi connectivity index (χ0) is 11.3. The molecule has 0 saturated carbocycles. The number of hydrogen-bond acceptors (Lipinski definition) is 2. The summed E-state index contributed by atoms with van der Waals surface area (Å²) in [5.41, 5.74) is 0. The Morgan fingerprint density at radius 2 is 2.20 bits per heavy atom. The molecule has 4 heteroatoms. The van der Waals surface area contributed by atoms with Crippen LogP contribution in [0.1, 0.15) is 25.7 Å². The van der Waals surface area contributed by atoms with Gasteiger partial charge >= 0.3 is 5.97 Å². The molecule has 0 aromatic heterocycles. The largest absolute Gasteiger partial charge is 0.481 e. The second kappa shape index (κ2) is 5.85. The Hall–Kier alpha value is -0.900. The third-order valence-electron chi connectivity index (χ3n) is 2.29. The Morgan fingerprint density at radius 1 is 1.47 bits per heavy atom. The standard InChI is InChI=1S/C11H13BrO3/c12-9-6-5-8(10(13)7-9)3-1-2-4-11(14)15/h5-8H,1-4H2,(H,14,15). The topological polar surface area (TPSA) is 54.4 Å². The van der Waals surface area contributed by atoms with Crippen LogP contribution >= 0.6 is 15.9 Å². The minimum Gasteiger partial charge on any atom is -0.481 e. The number of aliphatic carboxylic acids is 1. The van der Waals surface area contributed by atoms with E-state index in [1.165, 1.54) is 0 Å². The first kappa shape index (κ1) is 12.2. The summed E-state index contributed by atoms with van der Waals surface area (Å²) in [5.74, 6) is -0.747. The molecule has 0 saturated heterocycles. The maximum Gasteiger partial charge on any atom is 0.303 e. The number of ketones is 1. The Kier molecular flexibility index (Phi) is 4.75. The number of halogens is 1. The van der Waals surface area contributed by atoms with Crippen molar-refractivity contribution in [3.05, 3.63) is 22.7 Å². The molecule has 1 N–H and O–H groups in total. The van der Waals surface area contributed by atoms with Crippen LogP contribution in [0.5, 0.6) is 0 Å². The summed E-state index contributed by atoms with van der Waals surface area (Å²) in [6.45, 7) is 0. The summed E-state index contributed by atoms with van der Waals surface area (Å²) in [6.07, 6.45) is 7.64. The van der Waals surface area contributed by atoms with Crippen molar-refractivity contribution in [3.8, 4) is 0 Å². The SMILES string of the molecule is O=C(O)CCCCC1C=CC(Br)=CC1=O. The maximum atomic E-state index is 11.5. The molecule has 0 heterocycles. The highest BCUT2D eigenvalue weighted by Gasteiger charge is 2.16. The molecule has 1 aliphatic rings. The van der Waals surface area contributed by atoms with Gasteiger partial charge < -0.3 is 5.11 Å². The zero-order valence-electron chi connectivity index (χ0n) is 8.28. The van der Waals surface area contributed by atoms with Gasteiger partial charge in [0.25, 0.3) is 0 Å². The van der Waals surface area contributed by atoms with Crippen molar-refractivity contribution < 1.29 is 14.7 Å². The number of carbonyl (C=O) groups excluding carboxylic acids is 1. The molecule has 1 rings (SSSR count). The van der Waals surface area contributed by atoms with E-state index >= 15 is 0 Å². The number of allylic oxidation sites excluding steroid dienone is 4. The molecular formula is C11H13BrO3. The number of hydrogen-bond donors (Lipinski definition) is 1. The van der Waals surface area contributed by atoms with Crippen molar-refractivity contribution in [1.29, 1.82) is 0 Å². The number of unbranched alkanes of at least 4 members (excludes halogenated alkanes) is 1. The monoisotopic (exact) mass is 272 g/mol. The fourth-order valence-corrected chi connectivity index (χ4v) is 1.85. The first-order chi connectivity index (χ1) is 7.09. The lowest BCUT2D eigenvalue weighted by Crippen LogP contribution is -2.12.